The Hall–Kier alpha value is -2.07. The van der Waals surface area contributed by atoms with Crippen LogP contribution in [0, 0.1) is 32.5 Å². The molecule has 2 aromatic rings. The van der Waals surface area contributed by atoms with E-state index < -0.39 is 5.60 Å². The molecule has 0 aliphatic carbocycles. The molecule has 0 spiro atoms. The molecule has 4 heteroatoms. The third-order valence-electron chi connectivity index (χ3n) is 6.21. The molecule has 0 fully saturated rings. The van der Waals surface area contributed by atoms with Crippen LogP contribution in [0.25, 0.3) is 0 Å². The van der Waals surface area contributed by atoms with Gasteiger partial charge in [-0.2, -0.15) is 0 Å². The van der Waals surface area contributed by atoms with Gasteiger partial charge in [0.25, 0.3) is 0 Å². The topological polar surface area (TPSA) is 38.7 Å². The number of ether oxygens (including phenoxy) is 2. The number of unbranched alkanes of at least 4 members (excludes halogenated alkanes) is 2. The molecule has 0 aromatic heterocycles. The lowest BCUT2D eigenvalue weighted by atomic mass is 9.72. The van der Waals surface area contributed by atoms with Crippen molar-refractivity contribution >= 4 is 0 Å². The molecule has 2 aromatic carbocycles. The number of hydrogen-bond donors (Lipinski definition) is 1. The van der Waals surface area contributed by atoms with Crippen LogP contribution in [0.4, 0.5) is 4.39 Å². The molecule has 2 rings (SSSR count). The Morgan fingerprint density at radius 1 is 0.931 bits per heavy atom. The molecule has 0 radical (unpaired) electrons. The lowest BCUT2D eigenvalue weighted by Crippen LogP contribution is -2.36. The molecule has 0 aliphatic rings. The Kier molecular flexibility index (Phi) is 7.70. The lowest BCUT2D eigenvalue weighted by Gasteiger charge is -2.38. The summed E-state index contributed by atoms with van der Waals surface area (Å²) in [5.41, 5.74) is 2.81. The first kappa shape index (κ1) is 23.2. The fourth-order valence-corrected chi connectivity index (χ4v) is 4.40. The van der Waals surface area contributed by atoms with Gasteiger partial charge in [-0.15, -0.1) is 0 Å². The Labute approximate surface area is 174 Å². The number of benzene rings is 2. The van der Waals surface area contributed by atoms with Gasteiger partial charge >= 0.3 is 0 Å². The summed E-state index contributed by atoms with van der Waals surface area (Å²) in [7, 11) is 3.27. The Bertz CT molecular complexity index is 829. The van der Waals surface area contributed by atoms with Crippen LogP contribution in [-0.2, 0) is 5.60 Å². The second kappa shape index (κ2) is 9.62. The predicted molar refractivity (Wildman–Crippen MR) is 116 cm³/mol. The fourth-order valence-electron chi connectivity index (χ4n) is 4.40. The molecule has 0 heterocycles. The summed E-state index contributed by atoms with van der Waals surface area (Å²) in [5.74, 6) is 0.990. The van der Waals surface area contributed by atoms with E-state index in [2.05, 4.69) is 13.8 Å². The van der Waals surface area contributed by atoms with Crippen molar-refractivity contribution in [3.8, 4) is 11.5 Å². The summed E-state index contributed by atoms with van der Waals surface area (Å²) in [6.07, 6.45) is 4.09. The van der Waals surface area contributed by atoms with Gasteiger partial charge in [0.1, 0.15) is 22.9 Å². The van der Waals surface area contributed by atoms with Gasteiger partial charge in [0, 0.05) is 11.1 Å². The molecular weight excluding hydrogens is 367 g/mol. The monoisotopic (exact) mass is 402 g/mol. The highest BCUT2D eigenvalue weighted by Gasteiger charge is 2.42. The fraction of sp³-hybridized carbons (Fsp3) is 0.520. The van der Waals surface area contributed by atoms with E-state index in [1.165, 1.54) is 12.1 Å². The zero-order valence-electron chi connectivity index (χ0n) is 18.9. The van der Waals surface area contributed by atoms with Gasteiger partial charge in [-0.05, 0) is 61.9 Å². The van der Waals surface area contributed by atoms with Gasteiger partial charge in [0.15, 0.2) is 0 Å². The lowest BCUT2D eigenvalue weighted by molar-refractivity contribution is 0.0161. The Morgan fingerprint density at radius 3 is 2.00 bits per heavy atom. The minimum atomic E-state index is -1.33. The van der Waals surface area contributed by atoms with E-state index in [1.807, 2.05) is 20.8 Å². The molecule has 3 nitrogen and oxygen atoms in total. The summed E-state index contributed by atoms with van der Waals surface area (Å²) in [4.78, 5) is 0. The van der Waals surface area contributed by atoms with Gasteiger partial charge in [-0.1, -0.05) is 45.2 Å². The van der Waals surface area contributed by atoms with Crippen molar-refractivity contribution in [1.29, 1.82) is 0 Å². The van der Waals surface area contributed by atoms with Crippen molar-refractivity contribution in [2.45, 2.75) is 65.9 Å². The van der Waals surface area contributed by atoms with Crippen LogP contribution in [-0.4, -0.2) is 19.3 Å². The highest BCUT2D eigenvalue weighted by Crippen LogP contribution is 2.49. The average molecular weight is 403 g/mol. The van der Waals surface area contributed by atoms with E-state index in [0.717, 1.165) is 48.1 Å². The van der Waals surface area contributed by atoms with Crippen molar-refractivity contribution in [2.75, 3.05) is 14.2 Å². The van der Waals surface area contributed by atoms with E-state index in [4.69, 9.17) is 9.47 Å². The first-order valence-electron chi connectivity index (χ1n) is 10.4. The zero-order chi connectivity index (χ0) is 21.8. The van der Waals surface area contributed by atoms with Gasteiger partial charge in [0.05, 0.1) is 14.2 Å². The number of methoxy groups -OCH3 is 2. The average Bonchev–Trinajstić information content (AvgIpc) is 2.71. The highest BCUT2D eigenvalue weighted by molar-refractivity contribution is 5.62. The van der Waals surface area contributed by atoms with Gasteiger partial charge in [-0.25, -0.2) is 4.39 Å². The molecule has 0 amide bonds. The van der Waals surface area contributed by atoms with E-state index in [1.54, 1.807) is 26.4 Å². The van der Waals surface area contributed by atoms with Gasteiger partial charge < -0.3 is 14.6 Å². The number of rotatable bonds is 9. The largest absolute Gasteiger partial charge is 0.496 e. The predicted octanol–water partition coefficient (Wildman–Crippen LogP) is 6.22. The molecule has 2 unspecified atom stereocenters. The molecule has 2 atom stereocenters. The van der Waals surface area contributed by atoms with E-state index >= 15 is 0 Å². The molecular formula is C25H35FO3. The van der Waals surface area contributed by atoms with Crippen molar-refractivity contribution in [3.05, 3.63) is 57.9 Å². The minimum absolute atomic E-state index is 0.0982. The first-order chi connectivity index (χ1) is 13.7. The van der Waals surface area contributed by atoms with Crippen LogP contribution in [0.15, 0.2) is 24.3 Å². The molecule has 160 valence electrons. The quantitative estimate of drug-likeness (QED) is 0.506. The standard InChI is InChI=1S/C25H35FO3/c1-8-9-10-11-16(2)25(27,20-12-14-21(26)15-13-20)22-19(5)23(28-6)17(3)18(4)24(22)29-7/h12-16,27H,8-11H2,1-7H3. The molecule has 0 saturated carbocycles. The van der Waals surface area contributed by atoms with E-state index in [0.29, 0.717) is 16.9 Å². The van der Waals surface area contributed by atoms with Crippen LogP contribution in [0.1, 0.15) is 67.3 Å². The summed E-state index contributed by atoms with van der Waals surface area (Å²) in [6.45, 7) is 10.1. The Morgan fingerprint density at radius 2 is 1.48 bits per heavy atom. The van der Waals surface area contributed by atoms with Crippen LogP contribution in [0.2, 0.25) is 0 Å². The van der Waals surface area contributed by atoms with E-state index in [9.17, 15) is 9.50 Å². The molecule has 29 heavy (non-hydrogen) atoms. The van der Waals surface area contributed by atoms with Crippen molar-refractivity contribution in [1.82, 2.24) is 0 Å². The maximum atomic E-state index is 13.7. The second-order valence-electron chi connectivity index (χ2n) is 7.99. The van der Waals surface area contributed by atoms with Gasteiger partial charge in [-0.3, -0.25) is 0 Å². The number of hydrogen-bond acceptors (Lipinski definition) is 3. The second-order valence-corrected chi connectivity index (χ2v) is 7.99. The molecule has 0 saturated heterocycles. The Balaban J connectivity index is 2.81. The van der Waals surface area contributed by atoms with Gasteiger partial charge in [0.2, 0.25) is 0 Å². The molecule has 1 N–H and O–H groups in total. The van der Waals surface area contributed by atoms with Crippen LogP contribution in [0.3, 0.4) is 0 Å². The maximum Gasteiger partial charge on any atom is 0.129 e. The van der Waals surface area contributed by atoms with Crippen molar-refractivity contribution < 1.29 is 19.0 Å². The van der Waals surface area contributed by atoms with Crippen molar-refractivity contribution in [2.24, 2.45) is 5.92 Å². The summed E-state index contributed by atoms with van der Waals surface area (Å²) in [6, 6.07) is 6.15. The number of aliphatic hydroxyl groups is 1. The van der Waals surface area contributed by atoms with E-state index in [-0.39, 0.29) is 11.7 Å². The first-order valence-corrected chi connectivity index (χ1v) is 10.4. The van der Waals surface area contributed by atoms with Crippen LogP contribution < -0.4 is 9.47 Å². The SMILES string of the molecule is CCCCCC(C)C(O)(c1ccc(F)cc1)c1c(C)c(OC)c(C)c(C)c1OC. The number of halogens is 1. The van der Waals surface area contributed by atoms with Crippen LogP contribution >= 0.6 is 0 Å². The molecule has 0 aliphatic heterocycles. The normalized spacial score (nSPS) is 14.4. The summed E-state index contributed by atoms with van der Waals surface area (Å²) in [5, 5.41) is 12.3. The smallest absolute Gasteiger partial charge is 0.129 e. The van der Waals surface area contributed by atoms with Crippen LogP contribution in [0.5, 0.6) is 11.5 Å². The summed E-state index contributed by atoms with van der Waals surface area (Å²) < 4.78 is 25.2. The minimum Gasteiger partial charge on any atom is -0.496 e. The third-order valence-corrected chi connectivity index (χ3v) is 6.21. The third kappa shape index (κ3) is 4.28. The zero-order valence-corrected chi connectivity index (χ0v) is 18.9. The highest BCUT2D eigenvalue weighted by atomic mass is 19.1. The van der Waals surface area contributed by atoms with Crippen molar-refractivity contribution in [3.63, 3.8) is 0 Å². The summed E-state index contributed by atoms with van der Waals surface area (Å²) >= 11 is 0. The maximum absolute atomic E-state index is 13.7. The molecule has 0 bridgehead atoms.